The first-order valence-electron chi connectivity index (χ1n) is 9.88. The van der Waals surface area contributed by atoms with Crippen molar-refractivity contribution in [1.82, 2.24) is 10.2 Å². The molecule has 11 heteroatoms. The van der Waals surface area contributed by atoms with E-state index in [1.807, 2.05) is 0 Å². The largest absolute Gasteiger partial charge is 0.481 e. The summed E-state index contributed by atoms with van der Waals surface area (Å²) in [4.78, 5) is 43.3. The number of nitrogens with two attached hydrogens (primary N) is 1. The lowest BCUT2D eigenvalue weighted by Gasteiger charge is -2.30. The van der Waals surface area contributed by atoms with Crippen LogP contribution >= 0.6 is 11.8 Å². The van der Waals surface area contributed by atoms with Crippen molar-refractivity contribution in [1.29, 1.82) is 5.41 Å². The highest BCUT2D eigenvalue weighted by atomic mass is 32.2. The van der Waals surface area contributed by atoms with Gasteiger partial charge in [0.2, 0.25) is 11.8 Å². The summed E-state index contributed by atoms with van der Waals surface area (Å²) in [7, 11) is 0. The lowest BCUT2D eigenvalue weighted by atomic mass is 10.0. The molecule has 2 aliphatic heterocycles. The molecule has 1 saturated heterocycles. The molecule has 0 saturated carbocycles. The van der Waals surface area contributed by atoms with Crippen molar-refractivity contribution in [2.24, 2.45) is 10.9 Å². The Balaban J connectivity index is 1.54. The fraction of sp³-hybridized carbons (Fsp3) is 0.450. The van der Waals surface area contributed by atoms with Gasteiger partial charge in [0.1, 0.15) is 18.0 Å². The zero-order valence-electron chi connectivity index (χ0n) is 16.9. The summed E-state index contributed by atoms with van der Waals surface area (Å²) in [5.74, 6) is -0.419. The van der Waals surface area contributed by atoms with Gasteiger partial charge in [-0.15, -0.1) is 0 Å². The summed E-state index contributed by atoms with van der Waals surface area (Å²) in [6.45, 7) is 1.09. The molecule has 31 heavy (non-hydrogen) atoms. The van der Waals surface area contributed by atoms with Crippen LogP contribution in [-0.4, -0.2) is 76.1 Å². The van der Waals surface area contributed by atoms with Crippen LogP contribution in [0.2, 0.25) is 0 Å². The third-order valence-electron chi connectivity index (χ3n) is 5.01. The highest BCUT2D eigenvalue weighted by molar-refractivity contribution is 7.99. The molecule has 2 heterocycles. The van der Waals surface area contributed by atoms with Gasteiger partial charge in [-0.05, 0) is 5.56 Å². The standard InChI is InChI=1S/C20H25N5O5S/c21-19(22)13-3-1-12(2-4-13)15-9-14(30-24-15)10-17(26)23-16(11-18(27)28)20(29)25-5-7-31-8-6-25/h1-4,14,16H,5-11H2,(H3,21,22)(H,23,26)(H,27,28). The number of benzene rings is 1. The number of nitrogens with zero attached hydrogens (tertiary/aromatic N) is 2. The van der Waals surface area contributed by atoms with Crippen molar-refractivity contribution in [2.45, 2.75) is 31.4 Å². The molecule has 5 N–H and O–H groups in total. The number of oxime groups is 1. The zero-order chi connectivity index (χ0) is 22.4. The summed E-state index contributed by atoms with van der Waals surface area (Å²) in [6, 6.07) is 5.87. The molecule has 0 spiro atoms. The fourth-order valence-electron chi connectivity index (χ4n) is 3.39. The van der Waals surface area contributed by atoms with E-state index in [2.05, 4.69) is 10.5 Å². The Bertz CT molecular complexity index is 882. The molecule has 0 aromatic heterocycles. The molecule has 2 amide bonds. The number of amidine groups is 1. The van der Waals surface area contributed by atoms with Crippen molar-refractivity contribution in [3.63, 3.8) is 0 Å². The van der Waals surface area contributed by atoms with Crippen molar-refractivity contribution in [3.05, 3.63) is 35.4 Å². The minimum Gasteiger partial charge on any atom is -0.481 e. The summed E-state index contributed by atoms with van der Waals surface area (Å²) in [5, 5.41) is 23.2. The first kappa shape index (κ1) is 22.6. The lowest BCUT2D eigenvalue weighted by Crippen LogP contribution is -2.51. The Labute approximate surface area is 183 Å². The topological polar surface area (TPSA) is 158 Å². The lowest BCUT2D eigenvalue weighted by molar-refractivity contribution is -0.143. The number of hydrogen-bond donors (Lipinski definition) is 4. The van der Waals surface area contributed by atoms with Gasteiger partial charge in [-0.1, -0.05) is 29.4 Å². The molecule has 1 aromatic carbocycles. The minimum absolute atomic E-state index is 0.0283. The highest BCUT2D eigenvalue weighted by Crippen LogP contribution is 2.20. The van der Waals surface area contributed by atoms with Crippen LogP contribution in [0.4, 0.5) is 0 Å². The SMILES string of the molecule is N=C(N)c1ccc(C2=NOC(CC(=O)NC(CC(=O)O)C(=O)N3CCSCC3)C2)cc1. The maximum absolute atomic E-state index is 12.7. The maximum Gasteiger partial charge on any atom is 0.305 e. The van der Waals surface area contributed by atoms with Crippen molar-refractivity contribution in [2.75, 3.05) is 24.6 Å². The Morgan fingerprint density at radius 3 is 2.58 bits per heavy atom. The molecule has 0 radical (unpaired) electrons. The van der Waals surface area contributed by atoms with Gasteiger partial charge < -0.3 is 25.9 Å². The minimum atomic E-state index is -1.15. The third kappa shape index (κ3) is 6.20. The molecule has 10 nitrogen and oxygen atoms in total. The molecule has 0 aliphatic carbocycles. The van der Waals surface area contributed by atoms with Gasteiger partial charge in [-0.3, -0.25) is 19.8 Å². The second kappa shape index (κ2) is 10.3. The van der Waals surface area contributed by atoms with Crippen LogP contribution in [0.25, 0.3) is 0 Å². The predicted octanol–water partition coefficient (Wildman–Crippen LogP) is 0.389. The van der Waals surface area contributed by atoms with Crippen molar-refractivity contribution in [3.8, 4) is 0 Å². The number of rotatable bonds is 8. The van der Waals surface area contributed by atoms with Crippen LogP contribution in [0.15, 0.2) is 29.4 Å². The van der Waals surface area contributed by atoms with Gasteiger partial charge in [0.25, 0.3) is 0 Å². The van der Waals surface area contributed by atoms with Gasteiger partial charge in [0, 0.05) is 36.6 Å². The molecule has 3 rings (SSSR count). The number of amides is 2. The van der Waals surface area contributed by atoms with E-state index in [0.717, 1.165) is 17.1 Å². The molecule has 2 atom stereocenters. The van der Waals surface area contributed by atoms with Gasteiger partial charge in [-0.25, -0.2) is 0 Å². The molecule has 1 aromatic rings. The van der Waals surface area contributed by atoms with Crippen LogP contribution in [0.5, 0.6) is 0 Å². The molecule has 2 unspecified atom stereocenters. The number of carbonyl (C=O) groups excluding carboxylic acids is 2. The van der Waals surface area contributed by atoms with Crippen molar-refractivity contribution >= 4 is 41.1 Å². The van der Waals surface area contributed by atoms with E-state index in [4.69, 9.17) is 21.1 Å². The van der Waals surface area contributed by atoms with Crippen molar-refractivity contribution < 1.29 is 24.3 Å². The predicted molar refractivity (Wildman–Crippen MR) is 116 cm³/mol. The van der Waals surface area contributed by atoms with Gasteiger partial charge >= 0.3 is 5.97 Å². The molecule has 1 fully saturated rings. The maximum atomic E-state index is 12.7. The van der Waals surface area contributed by atoms with Crippen LogP contribution in [-0.2, 0) is 19.2 Å². The van der Waals surface area contributed by atoms with Gasteiger partial charge in [0.05, 0.1) is 18.6 Å². The second-order valence-corrected chi connectivity index (χ2v) is 8.55. The average Bonchev–Trinajstić information content (AvgIpc) is 3.21. The summed E-state index contributed by atoms with van der Waals surface area (Å²) >= 11 is 1.73. The van der Waals surface area contributed by atoms with Crippen LogP contribution in [0.1, 0.15) is 30.4 Å². The Hall–Kier alpha value is -3.08. The number of aliphatic carboxylic acids is 1. The van der Waals surface area contributed by atoms with Gasteiger partial charge in [-0.2, -0.15) is 11.8 Å². The van der Waals surface area contributed by atoms with E-state index in [1.165, 1.54) is 0 Å². The number of carboxylic acids is 1. The Kier molecular flexibility index (Phi) is 7.50. The van der Waals surface area contributed by atoms with E-state index in [-0.39, 0.29) is 18.2 Å². The van der Waals surface area contributed by atoms with Crippen LogP contribution < -0.4 is 11.1 Å². The van der Waals surface area contributed by atoms with E-state index in [0.29, 0.717) is 30.8 Å². The summed E-state index contributed by atoms with van der Waals surface area (Å²) < 4.78 is 0. The average molecular weight is 448 g/mol. The molecular formula is C20H25N5O5S. The number of hydrogen-bond acceptors (Lipinski definition) is 7. The Morgan fingerprint density at radius 1 is 1.29 bits per heavy atom. The molecule has 0 bridgehead atoms. The quantitative estimate of drug-likeness (QED) is 0.331. The van der Waals surface area contributed by atoms with Crippen LogP contribution in [0, 0.1) is 5.41 Å². The number of thioether (sulfide) groups is 1. The summed E-state index contributed by atoms with van der Waals surface area (Å²) in [6.07, 6.45) is -0.621. The summed E-state index contributed by atoms with van der Waals surface area (Å²) in [5.41, 5.74) is 7.51. The second-order valence-electron chi connectivity index (χ2n) is 7.32. The smallest absolute Gasteiger partial charge is 0.305 e. The number of nitrogens with one attached hydrogen (secondary N) is 2. The van der Waals surface area contributed by atoms with E-state index < -0.39 is 30.4 Å². The van der Waals surface area contributed by atoms with E-state index in [1.54, 1.807) is 40.9 Å². The molecular weight excluding hydrogens is 422 g/mol. The monoisotopic (exact) mass is 447 g/mol. The number of nitrogen functional groups attached to an aromatic ring is 1. The third-order valence-corrected chi connectivity index (χ3v) is 5.95. The zero-order valence-corrected chi connectivity index (χ0v) is 17.7. The Morgan fingerprint density at radius 2 is 1.97 bits per heavy atom. The molecule has 2 aliphatic rings. The normalized spacial score (nSPS) is 19.2. The van der Waals surface area contributed by atoms with E-state index in [9.17, 15) is 14.4 Å². The number of carbonyl (C=O) groups is 3. The highest BCUT2D eigenvalue weighted by Gasteiger charge is 2.31. The van der Waals surface area contributed by atoms with Crippen LogP contribution in [0.3, 0.4) is 0 Å². The first-order valence-corrected chi connectivity index (χ1v) is 11.0. The van der Waals surface area contributed by atoms with Gasteiger partial charge in [0.15, 0.2) is 0 Å². The van der Waals surface area contributed by atoms with E-state index >= 15 is 0 Å². The first-order chi connectivity index (χ1) is 14.8. The number of carboxylic acid groups (broad SMARTS) is 1. The fourth-order valence-corrected chi connectivity index (χ4v) is 4.29. The molecule has 166 valence electrons.